The molecule has 0 atom stereocenters. The van der Waals surface area contributed by atoms with Gasteiger partial charge in [-0.25, -0.2) is 8.42 Å². The van der Waals surface area contributed by atoms with Gasteiger partial charge in [0, 0.05) is 24.5 Å². The van der Waals surface area contributed by atoms with E-state index in [2.05, 4.69) is 35.2 Å². The van der Waals surface area contributed by atoms with Crippen LogP contribution in [-0.4, -0.2) is 21.5 Å². The molecule has 3 aromatic carbocycles. The van der Waals surface area contributed by atoms with Crippen molar-refractivity contribution in [2.45, 2.75) is 17.7 Å². The van der Waals surface area contributed by atoms with Gasteiger partial charge in [-0.3, -0.25) is 4.31 Å². The Morgan fingerprint density at radius 3 is 2.30 bits per heavy atom. The number of para-hydroxylation sites is 1. The predicted molar refractivity (Wildman–Crippen MR) is 108 cm³/mol. The van der Waals surface area contributed by atoms with Gasteiger partial charge >= 0.3 is 0 Å². The molecule has 0 saturated carbocycles. The summed E-state index contributed by atoms with van der Waals surface area (Å²) in [5, 5.41) is 0. The number of rotatable bonds is 3. The molecule has 0 unspecified atom stereocenters. The second-order valence-corrected chi connectivity index (χ2v) is 8.85. The number of fused-ring (bicyclic) bond motifs is 2. The van der Waals surface area contributed by atoms with E-state index in [1.807, 2.05) is 18.2 Å². The van der Waals surface area contributed by atoms with Crippen molar-refractivity contribution in [1.82, 2.24) is 0 Å². The van der Waals surface area contributed by atoms with Crippen LogP contribution in [0.4, 0.5) is 17.1 Å². The fourth-order valence-electron chi connectivity index (χ4n) is 4.10. The van der Waals surface area contributed by atoms with E-state index in [1.165, 1.54) is 11.3 Å². The van der Waals surface area contributed by atoms with Gasteiger partial charge in [0.2, 0.25) is 0 Å². The lowest BCUT2D eigenvalue weighted by Gasteiger charge is -2.22. The largest absolute Gasteiger partial charge is 0.341 e. The summed E-state index contributed by atoms with van der Waals surface area (Å²) in [6.45, 7) is 1.46. The molecule has 0 N–H and O–H groups in total. The quantitative estimate of drug-likeness (QED) is 0.690. The molecule has 5 rings (SSSR count). The van der Waals surface area contributed by atoms with Gasteiger partial charge in [-0.1, -0.05) is 36.4 Å². The monoisotopic (exact) mass is 376 g/mol. The lowest BCUT2D eigenvalue weighted by Crippen LogP contribution is -2.29. The van der Waals surface area contributed by atoms with E-state index in [9.17, 15) is 8.42 Å². The summed E-state index contributed by atoms with van der Waals surface area (Å²) in [6.07, 6.45) is 1.78. The molecule has 27 heavy (non-hydrogen) atoms. The third-order valence-corrected chi connectivity index (χ3v) is 7.27. The van der Waals surface area contributed by atoms with Crippen LogP contribution >= 0.6 is 0 Å². The number of hydrogen-bond acceptors (Lipinski definition) is 3. The van der Waals surface area contributed by atoms with Crippen LogP contribution in [0.2, 0.25) is 0 Å². The van der Waals surface area contributed by atoms with E-state index in [1.54, 1.807) is 28.6 Å². The fraction of sp³-hybridized carbons (Fsp3) is 0.182. The minimum Gasteiger partial charge on any atom is -0.341 e. The van der Waals surface area contributed by atoms with Crippen molar-refractivity contribution in [2.75, 3.05) is 22.3 Å². The summed E-state index contributed by atoms with van der Waals surface area (Å²) < 4.78 is 27.6. The molecule has 0 bridgehead atoms. The van der Waals surface area contributed by atoms with E-state index in [0.717, 1.165) is 36.3 Å². The summed E-state index contributed by atoms with van der Waals surface area (Å²) >= 11 is 0. The van der Waals surface area contributed by atoms with Crippen molar-refractivity contribution in [3.63, 3.8) is 0 Å². The van der Waals surface area contributed by atoms with E-state index < -0.39 is 10.0 Å². The van der Waals surface area contributed by atoms with Crippen molar-refractivity contribution in [2.24, 2.45) is 0 Å². The van der Waals surface area contributed by atoms with E-state index in [4.69, 9.17) is 0 Å². The third kappa shape index (κ3) is 2.61. The number of nitrogens with zero attached hydrogens (tertiary/aromatic N) is 2. The zero-order chi connectivity index (χ0) is 18.4. The Morgan fingerprint density at radius 2 is 1.44 bits per heavy atom. The topological polar surface area (TPSA) is 40.6 Å². The molecule has 0 aromatic heterocycles. The standard InChI is InChI=1S/C22H20N2O2S/c25-27(26,20-7-2-1-3-8-20)24-15-13-18-16-19(10-11-22(18)24)23-14-12-17-6-4-5-9-21(17)23/h1-11,16H,12-15H2. The number of benzene rings is 3. The Morgan fingerprint density at radius 1 is 0.704 bits per heavy atom. The Balaban J connectivity index is 1.50. The van der Waals surface area contributed by atoms with Crippen molar-refractivity contribution in [3.8, 4) is 0 Å². The summed E-state index contributed by atoms with van der Waals surface area (Å²) in [5.41, 5.74) is 5.65. The summed E-state index contributed by atoms with van der Waals surface area (Å²) in [4.78, 5) is 2.67. The molecule has 0 radical (unpaired) electrons. The van der Waals surface area contributed by atoms with Gasteiger partial charge in [-0.05, 0) is 60.4 Å². The molecule has 0 spiro atoms. The maximum Gasteiger partial charge on any atom is 0.264 e. The first kappa shape index (κ1) is 16.4. The van der Waals surface area contributed by atoms with Crippen LogP contribution in [0.25, 0.3) is 0 Å². The zero-order valence-electron chi connectivity index (χ0n) is 14.9. The second-order valence-electron chi connectivity index (χ2n) is 6.98. The minimum absolute atomic E-state index is 0.343. The van der Waals surface area contributed by atoms with Crippen molar-refractivity contribution in [1.29, 1.82) is 0 Å². The normalized spacial score (nSPS) is 15.7. The fourth-order valence-corrected chi connectivity index (χ4v) is 5.63. The van der Waals surface area contributed by atoms with Gasteiger partial charge in [0.05, 0.1) is 10.6 Å². The van der Waals surface area contributed by atoms with Gasteiger partial charge in [0.15, 0.2) is 0 Å². The molecule has 2 aliphatic heterocycles. The lowest BCUT2D eigenvalue weighted by atomic mass is 10.1. The number of sulfonamides is 1. The predicted octanol–water partition coefficient (Wildman–Crippen LogP) is 4.13. The maximum absolute atomic E-state index is 13.0. The molecule has 5 heteroatoms. The molecule has 3 aromatic rings. The SMILES string of the molecule is O=S(=O)(c1ccccc1)N1CCc2cc(N3CCc4ccccc43)ccc21. The first-order valence-corrected chi connectivity index (χ1v) is 10.6. The summed E-state index contributed by atoms with van der Waals surface area (Å²) in [7, 11) is -3.51. The molecule has 136 valence electrons. The zero-order valence-corrected chi connectivity index (χ0v) is 15.7. The highest BCUT2D eigenvalue weighted by Gasteiger charge is 2.31. The first-order valence-electron chi connectivity index (χ1n) is 9.21. The lowest BCUT2D eigenvalue weighted by molar-refractivity contribution is 0.592. The highest BCUT2D eigenvalue weighted by molar-refractivity contribution is 7.92. The van der Waals surface area contributed by atoms with Gasteiger partial charge in [-0.2, -0.15) is 0 Å². The molecular weight excluding hydrogens is 356 g/mol. The first-order chi connectivity index (χ1) is 13.1. The smallest absolute Gasteiger partial charge is 0.264 e. The summed E-state index contributed by atoms with van der Waals surface area (Å²) in [5.74, 6) is 0. The van der Waals surface area contributed by atoms with Crippen LogP contribution in [0, 0.1) is 0 Å². The second kappa shape index (κ2) is 6.13. The van der Waals surface area contributed by atoms with Crippen molar-refractivity contribution >= 4 is 27.1 Å². The minimum atomic E-state index is -3.51. The van der Waals surface area contributed by atoms with E-state index in [-0.39, 0.29) is 0 Å². The highest BCUT2D eigenvalue weighted by atomic mass is 32.2. The van der Waals surface area contributed by atoms with Crippen molar-refractivity contribution < 1.29 is 8.42 Å². The molecule has 2 aliphatic rings. The van der Waals surface area contributed by atoms with Gasteiger partial charge in [0.1, 0.15) is 0 Å². The van der Waals surface area contributed by atoms with E-state index >= 15 is 0 Å². The Hall–Kier alpha value is -2.79. The van der Waals surface area contributed by atoms with Crippen LogP contribution in [0.3, 0.4) is 0 Å². The van der Waals surface area contributed by atoms with Crippen LogP contribution in [0.5, 0.6) is 0 Å². The third-order valence-electron chi connectivity index (χ3n) is 5.45. The Kier molecular flexibility index (Phi) is 3.72. The number of hydrogen-bond donors (Lipinski definition) is 0. The van der Waals surface area contributed by atoms with Crippen LogP contribution < -0.4 is 9.21 Å². The average Bonchev–Trinajstić information content (AvgIpc) is 3.32. The average molecular weight is 376 g/mol. The highest BCUT2D eigenvalue weighted by Crippen LogP contribution is 2.39. The molecule has 0 saturated heterocycles. The molecular formula is C22H20N2O2S. The molecule has 0 amide bonds. The van der Waals surface area contributed by atoms with Crippen LogP contribution in [-0.2, 0) is 22.9 Å². The van der Waals surface area contributed by atoms with Crippen molar-refractivity contribution in [3.05, 3.63) is 83.9 Å². The van der Waals surface area contributed by atoms with Gasteiger partial charge in [-0.15, -0.1) is 0 Å². The Bertz CT molecular complexity index is 1110. The molecule has 0 fully saturated rings. The van der Waals surface area contributed by atoms with Gasteiger partial charge in [0.25, 0.3) is 10.0 Å². The molecule has 2 heterocycles. The van der Waals surface area contributed by atoms with Crippen LogP contribution in [0.1, 0.15) is 11.1 Å². The Labute approximate surface area is 159 Å². The van der Waals surface area contributed by atoms with E-state index in [0.29, 0.717) is 11.4 Å². The number of anilines is 3. The molecule has 0 aliphatic carbocycles. The summed E-state index contributed by atoms with van der Waals surface area (Å²) in [6, 6.07) is 23.3. The van der Waals surface area contributed by atoms with Gasteiger partial charge < -0.3 is 4.90 Å². The van der Waals surface area contributed by atoms with Crippen LogP contribution in [0.15, 0.2) is 77.7 Å². The molecule has 4 nitrogen and oxygen atoms in total. The maximum atomic E-state index is 13.0.